The van der Waals surface area contributed by atoms with Gasteiger partial charge in [-0.3, -0.25) is 0 Å². The zero-order chi connectivity index (χ0) is 23.5. The molecular weight excluding hydrogens is 427 g/mol. The summed E-state index contributed by atoms with van der Waals surface area (Å²) in [5.74, 6) is 3.59. The van der Waals surface area contributed by atoms with E-state index < -0.39 is 0 Å². The Bertz CT molecular complexity index is 1640. The fourth-order valence-corrected chi connectivity index (χ4v) is 5.60. The zero-order valence-corrected chi connectivity index (χ0v) is 19.7. The normalized spacial score (nSPS) is 12.7. The summed E-state index contributed by atoms with van der Waals surface area (Å²) in [6, 6.07) is 36.3. The molecule has 5 aromatic carbocycles. The third-order valence-electron chi connectivity index (χ3n) is 7.32. The summed E-state index contributed by atoms with van der Waals surface area (Å²) in [6.45, 7) is 4.36. The summed E-state index contributed by atoms with van der Waals surface area (Å²) in [4.78, 5) is 0. The molecule has 0 aliphatic carbocycles. The lowest BCUT2D eigenvalue weighted by atomic mass is 9.34. The van der Waals surface area contributed by atoms with Crippen LogP contribution in [0.15, 0.2) is 103 Å². The van der Waals surface area contributed by atoms with E-state index in [1.165, 1.54) is 38.7 Å². The lowest BCUT2D eigenvalue weighted by Gasteiger charge is -2.34. The monoisotopic (exact) mass is 450 g/mol. The van der Waals surface area contributed by atoms with Crippen LogP contribution in [0.1, 0.15) is 11.1 Å². The average Bonchev–Trinajstić information content (AvgIpc) is 2.88. The Labute approximate surface area is 205 Å². The summed E-state index contributed by atoms with van der Waals surface area (Å²) in [7, 11) is 0. The molecule has 0 fully saturated rings. The Kier molecular flexibility index (Phi) is 4.40. The second-order valence-corrected chi connectivity index (χ2v) is 9.41. The van der Waals surface area contributed by atoms with E-state index in [9.17, 15) is 0 Å². The van der Waals surface area contributed by atoms with E-state index in [1.807, 2.05) is 6.07 Å². The molecule has 166 valence electrons. The third kappa shape index (κ3) is 3.05. The van der Waals surface area contributed by atoms with Crippen LogP contribution >= 0.6 is 0 Å². The second-order valence-electron chi connectivity index (χ2n) is 9.41. The van der Waals surface area contributed by atoms with Crippen molar-refractivity contribution in [3.05, 3.63) is 114 Å². The molecule has 35 heavy (non-hydrogen) atoms. The van der Waals surface area contributed by atoms with Crippen LogP contribution in [0, 0.1) is 13.8 Å². The zero-order valence-electron chi connectivity index (χ0n) is 19.7. The van der Waals surface area contributed by atoms with Crippen molar-refractivity contribution < 1.29 is 9.47 Å². The Hall–Kier alpha value is -4.24. The minimum atomic E-state index is 0.0589. The van der Waals surface area contributed by atoms with Gasteiger partial charge in [-0.05, 0) is 70.8 Å². The smallest absolute Gasteiger partial charge is 0.260 e. The Balaban J connectivity index is 1.45. The highest BCUT2D eigenvalue weighted by atomic mass is 16.5. The van der Waals surface area contributed by atoms with Gasteiger partial charge in [-0.1, -0.05) is 84.9 Å². The van der Waals surface area contributed by atoms with E-state index in [1.54, 1.807) is 0 Å². The predicted molar refractivity (Wildman–Crippen MR) is 144 cm³/mol. The maximum absolute atomic E-state index is 6.61. The van der Waals surface area contributed by atoms with Crippen molar-refractivity contribution in [2.75, 3.05) is 0 Å². The van der Waals surface area contributed by atoms with E-state index >= 15 is 0 Å². The summed E-state index contributed by atoms with van der Waals surface area (Å²) < 4.78 is 13.1. The number of hydrogen-bond acceptors (Lipinski definition) is 2. The van der Waals surface area contributed by atoms with Gasteiger partial charge in [-0.15, -0.1) is 0 Å². The van der Waals surface area contributed by atoms with Gasteiger partial charge in [-0.25, -0.2) is 0 Å². The van der Waals surface area contributed by atoms with Crippen LogP contribution < -0.4 is 25.9 Å². The molecule has 5 aromatic rings. The molecule has 0 N–H and O–H groups in total. The highest BCUT2D eigenvalue weighted by Gasteiger charge is 2.40. The van der Waals surface area contributed by atoms with Crippen molar-refractivity contribution in [1.82, 2.24) is 0 Å². The van der Waals surface area contributed by atoms with E-state index in [4.69, 9.17) is 9.47 Å². The molecule has 3 heteroatoms. The van der Waals surface area contributed by atoms with E-state index in [-0.39, 0.29) is 6.71 Å². The molecule has 0 radical (unpaired) electrons. The van der Waals surface area contributed by atoms with Gasteiger partial charge in [0.1, 0.15) is 23.0 Å². The molecule has 0 atom stereocenters. The van der Waals surface area contributed by atoms with Crippen molar-refractivity contribution >= 4 is 23.1 Å². The molecule has 7 rings (SSSR count). The standard InChI is InChI=1S/C32H23BO2/c1-20-9-3-5-11-23(20)22-17-18-26-30(19-22)34-28-15-8-16-29-31(28)33(26)27-14-7-13-25(32(27)35-29)24-12-6-4-10-21(24)2/h3-19H,1-2H3. The molecule has 2 heterocycles. The van der Waals surface area contributed by atoms with Crippen molar-refractivity contribution in [2.24, 2.45) is 0 Å². The largest absolute Gasteiger partial charge is 0.458 e. The topological polar surface area (TPSA) is 18.5 Å². The summed E-state index contributed by atoms with van der Waals surface area (Å²) in [5.41, 5.74) is 10.7. The van der Waals surface area contributed by atoms with Crippen LogP contribution in [0.4, 0.5) is 0 Å². The lowest BCUT2D eigenvalue weighted by molar-refractivity contribution is 0.465. The van der Waals surface area contributed by atoms with Crippen LogP contribution in [0.5, 0.6) is 23.0 Å². The second kappa shape index (κ2) is 7.64. The lowest BCUT2D eigenvalue weighted by Crippen LogP contribution is -2.57. The number of rotatable bonds is 2. The van der Waals surface area contributed by atoms with Gasteiger partial charge in [-0.2, -0.15) is 0 Å². The summed E-state index contributed by atoms with van der Waals surface area (Å²) >= 11 is 0. The Morgan fingerprint density at radius 3 is 1.94 bits per heavy atom. The molecule has 0 bridgehead atoms. The first-order chi connectivity index (χ1) is 17.2. The third-order valence-corrected chi connectivity index (χ3v) is 7.32. The number of para-hydroxylation sites is 1. The maximum atomic E-state index is 6.61. The van der Waals surface area contributed by atoms with Gasteiger partial charge in [0, 0.05) is 11.0 Å². The van der Waals surface area contributed by atoms with Crippen LogP contribution in [0.2, 0.25) is 0 Å². The number of hydrogen-bond donors (Lipinski definition) is 0. The number of benzene rings is 5. The highest BCUT2D eigenvalue weighted by Crippen LogP contribution is 2.40. The highest BCUT2D eigenvalue weighted by molar-refractivity contribution is 6.98. The number of aryl methyl sites for hydroxylation is 2. The van der Waals surface area contributed by atoms with Crippen molar-refractivity contribution in [1.29, 1.82) is 0 Å². The van der Waals surface area contributed by atoms with Gasteiger partial charge in [0.25, 0.3) is 6.71 Å². The maximum Gasteiger partial charge on any atom is 0.260 e. The Morgan fingerprint density at radius 2 is 1.17 bits per heavy atom. The number of fused-ring (bicyclic) bond motifs is 4. The summed E-state index contributed by atoms with van der Waals surface area (Å²) in [6.07, 6.45) is 0. The van der Waals surface area contributed by atoms with E-state index in [0.29, 0.717) is 0 Å². The Morgan fingerprint density at radius 1 is 0.514 bits per heavy atom. The van der Waals surface area contributed by atoms with E-state index in [0.717, 1.165) is 34.0 Å². The van der Waals surface area contributed by atoms with Crippen molar-refractivity contribution in [2.45, 2.75) is 13.8 Å². The molecule has 0 saturated carbocycles. The van der Waals surface area contributed by atoms with Crippen LogP contribution in [-0.4, -0.2) is 6.71 Å². The van der Waals surface area contributed by atoms with Crippen LogP contribution in [-0.2, 0) is 0 Å². The quantitative estimate of drug-likeness (QED) is 0.285. The SMILES string of the molecule is Cc1ccccc1-c1ccc2c(c1)Oc1cccc3c1B2c1cccc(-c2ccccc2C)c1O3. The molecule has 0 amide bonds. The van der Waals surface area contributed by atoms with Crippen LogP contribution in [0.3, 0.4) is 0 Å². The first-order valence-corrected chi connectivity index (χ1v) is 12.1. The first-order valence-electron chi connectivity index (χ1n) is 12.1. The molecule has 2 aliphatic rings. The molecule has 2 aliphatic heterocycles. The van der Waals surface area contributed by atoms with Gasteiger partial charge in [0.05, 0.1) is 0 Å². The van der Waals surface area contributed by atoms with Crippen molar-refractivity contribution in [3.8, 4) is 45.3 Å². The molecule has 0 spiro atoms. The fraction of sp³-hybridized carbons (Fsp3) is 0.0625. The fourth-order valence-electron chi connectivity index (χ4n) is 5.60. The van der Waals surface area contributed by atoms with Crippen LogP contribution in [0.25, 0.3) is 22.3 Å². The first kappa shape index (κ1) is 20.2. The summed E-state index contributed by atoms with van der Waals surface area (Å²) in [5, 5.41) is 0. The van der Waals surface area contributed by atoms with Gasteiger partial charge in [0.15, 0.2) is 0 Å². The molecule has 0 saturated heterocycles. The number of ether oxygens (including phenoxy) is 2. The van der Waals surface area contributed by atoms with E-state index in [2.05, 4.69) is 111 Å². The molecule has 0 aromatic heterocycles. The molecule has 2 nitrogen and oxygen atoms in total. The minimum absolute atomic E-state index is 0.0589. The van der Waals surface area contributed by atoms with Gasteiger partial charge < -0.3 is 9.47 Å². The average molecular weight is 450 g/mol. The molecular formula is C32H23BO2. The predicted octanol–water partition coefficient (Wildman–Crippen LogP) is 6.37. The van der Waals surface area contributed by atoms with Gasteiger partial charge >= 0.3 is 0 Å². The minimum Gasteiger partial charge on any atom is -0.458 e. The molecule has 0 unspecified atom stereocenters. The van der Waals surface area contributed by atoms with Crippen molar-refractivity contribution in [3.63, 3.8) is 0 Å². The van der Waals surface area contributed by atoms with Gasteiger partial charge in [0.2, 0.25) is 0 Å².